The van der Waals surface area contributed by atoms with E-state index in [1.807, 2.05) is 54.6 Å². The van der Waals surface area contributed by atoms with Crippen molar-refractivity contribution >= 4 is 29.2 Å². The van der Waals surface area contributed by atoms with E-state index in [0.29, 0.717) is 17.6 Å². The van der Waals surface area contributed by atoms with Crippen LogP contribution in [0.1, 0.15) is 52.0 Å². The molecule has 0 saturated heterocycles. The number of anilines is 1. The number of amides is 1. The molecule has 134 valence electrons. The number of nitrogens with zero attached hydrogens (tertiary/aromatic N) is 1. The van der Waals surface area contributed by atoms with Gasteiger partial charge in [-0.15, -0.1) is 0 Å². The summed E-state index contributed by atoms with van der Waals surface area (Å²) in [4.78, 5) is 26.0. The molecular weight excluding hydrogens is 338 g/mol. The van der Waals surface area contributed by atoms with Crippen molar-refractivity contribution in [3.8, 4) is 0 Å². The van der Waals surface area contributed by atoms with E-state index in [4.69, 9.17) is 4.42 Å². The van der Waals surface area contributed by atoms with E-state index >= 15 is 0 Å². The molecule has 0 atom stereocenters. The molecule has 0 spiro atoms. The second-order valence-corrected chi connectivity index (χ2v) is 6.42. The van der Waals surface area contributed by atoms with E-state index in [1.165, 1.54) is 0 Å². The predicted molar refractivity (Wildman–Crippen MR) is 106 cm³/mol. The van der Waals surface area contributed by atoms with Crippen LogP contribution in [0.15, 0.2) is 71.1 Å². The molecule has 4 nitrogen and oxygen atoms in total. The Morgan fingerprint density at radius 3 is 2.33 bits per heavy atom. The lowest BCUT2D eigenvalue weighted by Crippen LogP contribution is -2.23. The van der Waals surface area contributed by atoms with Crippen molar-refractivity contribution in [2.75, 3.05) is 4.90 Å². The highest BCUT2D eigenvalue weighted by Gasteiger charge is 2.35. The minimum absolute atomic E-state index is 0.0532. The van der Waals surface area contributed by atoms with Gasteiger partial charge < -0.3 is 4.42 Å². The van der Waals surface area contributed by atoms with E-state index < -0.39 is 0 Å². The zero-order valence-corrected chi connectivity index (χ0v) is 15.0. The molecule has 0 radical (unpaired) electrons. The van der Waals surface area contributed by atoms with Gasteiger partial charge in [0.15, 0.2) is 12.0 Å². The fourth-order valence-electron chi connectivity index (χ4n) is 3.53. The first-order valence-corrected chi connectivity index (χ1v) is 9.02. The summed E-state index contributed by atoms with van der Waals surface area (Å²) in [6, 6.07) is 20.7. The normalized spacial score (nSPS) is 15.0. The van der Waals surface area contributed by atoms with Gasteiger partial charge in [0.05, 0.1) is 5.70 Å². The summed E-state index contributed by atoms with van der Waals surface area (Å²) in [5.74, 6) is 0.852. The average molecular weight is 357 g/mol. The van der Waals surface area contributed by atoms with Crippen molar-refractivity contribution in [3.63, 3.8) is 0 Å². The highest BCUT2D eigenvalue weighted by molar-refractivity contribution is 6.25. The zero-order valence-electron chi connectivity index (χ0n) is 15.0. The van der Waals surface area contributed by atoms with Crippen molar-refractivity contribution in [3.05, 3.63) is 89.4 Å². The lowest BCUT2D eigenvalue weighted by Gasteiger charge is -2.21. The van der Waals surface area contributed by atoms with Gasteiger partial charge in [0.1, 0.15) is 5.76 Å². The summed E-state index contributed by atoms with van der Waals surface area (Å²) in [6.07, 6.45) is 2.31. The highest BCUT2D eigenvalue weighted by Crippen LogP contribution is 2.42. The van der Waals surface area contributed by atoms with Crippen molar-refractivity contribution < 1.29 is 14.0 Å². The second-order valence-electron chi connectivity index (χ2n) is 6.42. The Morgan fingerprint density at radius 1 is 0.963 bits per heavy atom. The Labute approximate surface area is 157 Å². The van der Waals surface area contributed by atoms with Crippen LogP contribution in [-0.4, -0.2) is 12.2 Å². The van der Waals surface area contributed by atoms with Crippen LogP contribution in [0, 0.1) is 0 Å². The monoisotopic (exact) mass is 357 g/mol. The first-order chi connectivity index (χ1) is 13.2. The lowest BCUT2D eigenvalue weighted by atomic mass is 9.99. The first-order valence-electron chi connectivity index (χ1n) is 9.02. The van der Waals surface area contributed by atoms with Gasteiger partial charge in [-0.2, -0.15) is 0 Å². The Hall–Kier alpha value is -3.40. The van der Waals surface area contributed by atoms with Crippen LogP contribution in [0.5, 0.6) is 0 Å². The number of hydrogen-bond donors (Lipinski definition) is 0. The number of fused-ring (bicyclic) bond motifs is 1. The van der Waals surface area contributed by atoms with Crippen LogP contribution in [0.2, 0.25) is 0 Å². The topological polar surface area (TPSA) is 50.5 Å². The number of carbonyl (C=O) groups is 2. The van der Waals surface area contributed by atoms with Crippen LogP contribution in [0.4, 0.5) is 5.69 Å². The van der Waals surface area contributed by atoms with Crippen LogP contribution < -0.4 is 4.90 Å². The summed E-state index contributed by atoms with van der Waals surface area (Å²) in [5, 5.41) is 0. The smallest absolute Gasteiger partial charge is 0.263 e. The summed E-state index contributed by atoms with van der Waals surface area (Å²) < 4.78 is 5.73. The highest BCUT2D eigenvalue weighted by atomic mass is 16.3. The molecule has 1 amide bonds. The maximum absolute atomic E-state index is 13.2. The largest absolute Gasteiger partial charge is 0.454 e. The number of carbonyl (C=O) groups excluding carboxylic acids is 2. The molecule has 0 saturated carbocycles. The maximum Gasteiger partial charge on any atom is 0.263 e. The van der Waals surface area contributed by atoms with Gasteiger partial charge in [0.25, 0.3) is 5.91 Å². The molecule has 0 aliphatic carbocycles. The van der Waals surface area contributed by atoms with Gasteiger partial charge in [-0.3, -0.25) is 14.5 Å². The van der Waals surface area contributed by atoms with Gasteiger partial charge in [-0.25, -0.2) is 0 Å². The number of benzene rings is 2. The Kier molecular flexibility index (Phi) is 4.47. The average Bonchev–Trinajstić information content (AvgIpc) is 3.30. The fraction of sp³-hybridized carbons (Fsp3) is 0.130. The van der Waals surface area contributed by atoms with Crippen molar-refractivity contribution in [2.45, 2.75) is 19.8 Å². The Balaban J connectivity index is 2.00. The zero-order chi connectivity index (χ0) is 18.8. The van der Waals surface area contributed by atoms with Gasteiger partial charge in [0.2, 0.25) is 0 Å². The molecule has 1 aliphatic rings. The molecule has 2 aromatic carbocycles. The van der Waals surface area contributed by atoms with Crippen LogP contribution in [0.3, 0.4) is 0 Å². The van der Waals surface area contributed by atoms with Crippen LogP contribution in [-0.2, 0) is 0 Å². The molecule has 0 unspecified atom stereocenters. The van der Waals surface area contributed by atoms with Gasteiger partial charge >= 0.3 is 0 Å². The number of para-hydroxylation sites is 1. The third-order valence-corrected chi connectivity index (χ3v) is 4.68. The molecule has 0 bridgehead atoms. The predicted octanol–water partition coefficient (Wildman–Crippen LogP) is 5.42. The Bertz CT molecular complexity index is 1030. The first kappa shape index (κ1) is 17.0. The molecule has 4 heteroatoms. The number of furan rings is 1. The van der Waals surface area contributed by atoms with E-state index in [-0.39, 0.29) is 11.7 Å². The van der Waals surface area contributed by atoms with E-state index in [0.717, 1.165) is 35.4 Å². The fourth-order valence-corrected chi connectivity index (χ4v) is 3.53. The molecule has 27 heavy (non-hydrogen) atoms. The Morgan fingerprint density at radius 2 is 1.67 bits per heavy atom. The third kappa shape index (κ3) is 2.89. The molecule has 0 N–H and O–H groups in total. The minimum atomic E-state index is -0.0532. The second kappa shape index (κ2) is 7.08. The van der Waals surface area contributed by atoms with Gasteiger partial charge in [-0.1, -0.05) is 49.7 Å². The summed E-state index contributed by atoms with van der Waals surface area (Å²) in [7, 11) is 0. The molecular formula is C23H19NO3. The van der Waals surface area contributed by atoms with Gasteiger partial charge in [0, 0.05) is 22.4 Å². The number of rotatable bonds is 5. The van der Waals surface area contributed by atoms with Crippen LogP contribution in [0.25, 0.3) is 11.3 Å². The molecule has 0 fully saturated rings. The van der Waals surface area contributed by atoms with Crippen LogP contribution >= 0.6 is 0 Å². The summed E-state index contributed by atoms with van der Waals surface area (Å²) in [6.45, 7) is 2.08. The van der Waals surface area contributed by atoms with E-state index in [9.17, 15) is 9.59 Å². The van der Waals surface area contributed by atoms with E-state index in [2.05, 4.69) is 6.92 Å². The number of hydrogen-bond acceptors (Lipinski definition) is 3. The summed E-state index contributed by atoms with van der Waals surface area (Å²) in [5.41, 5.74) is 4.12. The summed E-state index contributed by atoms with van der Waals surface area (Å²) >= 11 is 0. The van der Waals surface area contributed by atoms with Crippen molar-refractivity contribution in [1.82, 2.24) is 0 Å². The van der Waals surface area contributed by atoms with E-state index in [1.54, 1.807) is 17.0 Å². The maximum atomic E-state index is 13.2. The molecule has 2 heterocycles. The minimum Gasteiger partial charge on any atom is -0.454 e. The standard InChI is InChI=1S/C23H19NO3/c1-2-8-20(21-14-13-17(15-25)27-21)22-18-11-6-7-12-19(18)23(26)24(22)16-9-4-3-5-10-16/h3-7,9-15H,2,8H2,1H3/b22-20+. The van der Waals surface area contributed by atoms with Crippen molar-refractivity contribution in [1.29, 1.82) is 0 Å². The lowest BCUT2D eigenvalue weighted by molar-refractivity contribution is 0.100. The van der Waals surface area contributed by atoms with Crippen molar-refractivity contribution in [2.24, 2.45) is 0 Å². The molecule has 3 aromatic rings. The quantitative estimate of drug-likeness (QED) is 0.573. The third-order valence-electron chi connectivity index (χ3n) is 4.68. The molecule has 1 aliphatic heterocycles. The number of allylic oxidation sites excluding steroid dienone is 1. The number of aldehydes is 1. The SMILES string of the molecule is CCC/C(=C1/c2ccccc2C(=O)N1c1ccccc1)c1ccc(C=O)o1. The molecule has 4 rings (SSSR count). The molecule has 1 aromatic heterocycles. The van der Waals surface area contributed by atoms with Gasteiger partial charge in [-0.05, 0) is 36.8 Å².